The maximum atomic E-state index is 13.3. The molecule has 0 unspecified atom stereocenters. The Hall–Kier alpha value is -2.09. The normalized spacial score (nSPS) is 41.5. The van der Waals surface area contributed by atoms with E-state index in [4.69, 9.17) is 23.1 Å². The van der Waals surface area contributed by atoms with Gasteiger partial charge in [-0.05, 0) is 19.4 Å². The van der Waals surface area contributed by atoms with Gasteiger partial charge in [0.1, 0.15) is 30.2 Å². The summed E-state index contributed by atoms with van der Waals surface area (Å²) in [7, 11) is -4.02. The Morgan fingerprint density at radius 1 is 1.24 bits per heavy atom. The standard InChI is InChI=1S/C21H24N2O9S/c1-19(2)30-16-18(31-19)29-14-9-23-17(25)13(8-15(24)28-10-12-6-4-3-5-7-12)22-20(23)11-33(26,27)32-21(14,16)20/h3-7,13-14,16,18,22H,8-11H2,1-2H3/t13-,14+,16-,18+,20-,21+/m0/s1. The van der Waals surface area contributed by atoms with E-state index in [0.717, 1.165) is 5.56 Å². The first-order valence-electron chi connectivity index (χ1n) is 10.8. The number of carbonyl (C=O) groups is 2. The van der Waals surface area contributed by atoms with E-state index in [-0.39, 0.29) is 19.6 Å². The first kappa shape index (κ1) is 21.4. The fraction of sp³-hybridized carbons (Fsp3) is 0.619. The van der Waals surface area contributed by atoms with Gasteiger partial charge >= 0.3 is 5.97 Å². The largest absolute Gasteiger partial charge is 0.461 e. The minimum absolute atomic E-state index is 0.0802. The molecule has 1 aromatic rings. The second-order valence-corrected chi connectivity index (χ2v) is 11.1. The van der Waals surface area contributed by atoms with Gasteiger partial charge in [-0.1, -0.05) is 30.3 Å². The molecule has 12 heteroatoms. The molecule has 2 spiro atoms. The molecule has 33 heavy (non-hydrogen) atoms. The molecule has 0 saturated carbocycles. The summed E-state index contributed by atoms with van der Waals surface area (Å²) in [5, 5.41) is 3.12. The van der Waals surface area contributed by atoms with Gasteiger partial charge in [0, 0.05) is 0 Å². The summed E-state index contributed by atoms with van der Waals surface area (Å²) in [4.78, 5) is 27.2. The Morgan fingerprint density at radius 3 is 2.76 bits per heavy atom. The van der Waals surface area contributed by atoms with Gasteiger partial charge in [0.05, 0.1) is 19.0 Å². The first-order valence-corrected chi connectivity index (χ1v) is 12.4. The molecule has 5 fully saturated rings. The zero-order valence-electron chi connectivity index (χ0n) is 18.1. The Kier molecular flexibility index (Phi) is 4.38. The number of esters is 1. The van der Waals surface area contributed by atoms with Crippen LogP contribution in [0.15, 0.2) is 30.3 Å². The lowest BCUT2D eigenvalue weighted by molar-refractivity contribution is -0.222. The highest BCUT2D eigenvalue weighted by Crippen LogP contribution is 2.60. The lowest BCUT2D eigenvalue weighted by atomic mass is 9.83. The van der Waals surface area contributed by atoms with E-state index < -0.39 is 69.3 Å². The Balaban J connectivity index is 1.26. The zero-order chi connectivity index (χ0) is 23.2. The maximum Gasteiger partial charge on any atom is 0.308 e. The highest BCUT2D eigenvalue weighted by atomic mass is 32.2. The van der Waals surface area contributed by atoms with Crippen LogP contribution < -0.4 is 5.32 Å². The molecular weight excluding hydrogens is 456 g/mol. The molecular formula is C21H24N2O9S. The second-order valence-electron chi connectivity index (χ2n) is 9.48. The molecule has 1 amide bonds. The number of benzene rings is 1. The molecule has 0 bridgehead atoms. The minimum Gasteiger partial charge on any atom is -0.461 e. The maximum absolute atomic E-state index is 13.3. The van der Waals surface area contributed by atoms with Crippen LogP contribution in [0, 0.1) is 0 Å². The third-order valence-corrected chi connectivity index (χ3v) is 8.26. The number of fused-ring (bicyclic) bond motifs is 1. The molecule has 6 atom stereocenters. The number of hydrogen-bond donors (Lipinski definition) is 1. The molecule has 1 aromatic carbocycles. The van der Waals surface area contributed by atoms with Crippen molar-refractivity contribution < 1.29 is 41.1 Å². The van der Waals surface area contributed by atoms with Gasteiger partial charge in [-0.3, -0.25) is 19.1 Å². The van der Waals surface area contributed by atoms with Crippen molar-refractivity contribution in [3.8, 4) is 0 Å². The molecule has 0 radical (unpaired) electrons. The van der Waals surface area contributed by atoms with Crippen molar-refractivity contribution in [2.45, 2.75) is 68.5 Å². The summed E-state index contributed by atoms with van der Waals surface area (Å²) >= 11 is 0. The van der Waals surface area contributed by atoms with E-state index in [1.165, 1.54) is 4.90 Å². The highest BCUT2D eigenvalue weighted by molar-refractivity contribution is 7.87. The van der Waals surface area contributed by atoms with Crippen molar-refractivity contribution >= 4 is 22.0 Å². The van der Waals surface area contributed by atoms with Gasteiger partial charge in [0.25, 0.3) is 10.1 Å². The van der Waals surface area contributed by atoms with E-state index in [1.54, 1.807) is 13.8 Å². The van der Waals surface area contributed by atoms with Crippen molar-refractivity contribution in [1.29, 1.82) is 0 Å². The third-order valence-electron chi connectivity index (χ3n) is 6.95. The molecule has 178 valence electrons. The van der Waals surface area contributed by atoms with Crippen molar-refractivity contribution in [1.82, 2.24) is 10.2 Å². The number of ether oxygens (including phenoxy) is 4. The molecule has 5 saturated heterocycles. The number of amides is 1. The Labute approximate surface area is 190 Å². The third kappa shape index (κ3) is 2.95. The molecule has 6 rings (SSSR count). The minimum atomic E-state index is -4.02. The summed E-state index contributed by atoms with van der Waals surface area (Å²) in [5.74, 6) is -2.46. The van der Waals surface area contributed by atoms with E-state index in [9.17, 15) is 18.0 Å². The lowest BCUT2D eigenvalue weighted by Crippen LogP contribution is -2.68. The summed E-state index contributed by atoms with van der Waals surface area (Å²) in [5.41, 5.74) is -2.12. The van der Waals surface area contributed by atoms with E-state index in [0.29, 0.717) is 0 Å². The monoisotopic (exact) mass is 480 g/mol. The summed E-state index contributed by atoms with van der Waals surface area (Å²) in [6.07, 6.45) is -2.71. The van der Waals surface area contributed by atoms with Crippen LogP contribution in [0.1, 0.15) is 25.8 Å². The number of nitrogens with zero attached hydrogens (tertiary/aromatic N) is 1. The number of nitrogens with one attached hydrogen (secondary N) is 1. The summed E-state index contributed by atoms with van der Waals surface area (Å²) in [6.45, 7) is 3.57. The van der Waals surface area contributed by atoms with Crippen LogP contribution in [0.4, 0.5) is 0 Å². The van der Waals surface area contributed by atoms with Gasteiger partial charge in [0.2, 0.25) is 5.91 Å². The first-order chi connectivity index (χ1) is 15.6. The summed E-state index contributed by atoms with van der Waals surface area (Å²) < 4.78 is 54.2. The highest BCUT2D eigenvalue weighted by Gasteiger charge is 2.85. The fourth-order valence-electron chi connectivity index (χ4n) is 5.79. The molecule has 5 aliphatic heterocycles. The average Bonchev–Trinajstić information content (AvgIpc) is 3.40. The van der Waals surface area contributed by atoms with Gasteiger partial charge < -0.3 is 23.8 Å². The quantitative estimate of drug-likeness (QED) is 0.449. The second kappa shape index (κ2) is 6.74. The van der Waals surface area contributed by atoms with Crippen molar-refractivity contribution in [2.75, 3.05) is 12.3 Å². The molecule has 0 aromatic heterocycles. The fourth-order valence-corrected chi connectivity index (χ4v) is 7.58. The van der Waals surface area contributed by atoms with E-state index in [1.807, 2.05) is 30.3 Å². The van der Waals surface area contributed by atoms with Crippen LogP contribution in [-0.2, 0) is 49.4 Å². The average molecular weight is 480 g/mol. The van der Waals surface area contributed by atoms with Crippen molar-refractivity contribution in [3.63, 3.8) is 0 Å². The van der Waals surface area contributed by atoms with Crippen molar-refractivity contribution in [3.05, 3.63) is 35.9 Å². The van der Waals surface area contributed by atoms with Crippen molar-refractivity contribution in [2.24, 2.45) is 0 Å². The van der Waals surface area contributed by atoms with Gasteiger partial charge in [0.15, 0.2) is 17.7 Å². The summed E-state index contributed by atoms with van der Waals surface area (Å²) in [6, 6.07) is 8.22. The van der Waals surface area contributed by atoms with Crippen LogP contribution in [0.25, 0.3) is 0 Å². The van der Waals surface area contributed by atoms with Gasteiger partial charge in [-0.25, -0.2) is 0 Å². The number of rotatable bonds is 4. The molecule has 11 nitrogen and oxygen atoms in total. The smallest absolute Gasteiger partial charge is 0.308 e. The van der Waals surface area contributed by atoms with E-state index >= 15 is 0 Å². The van der Waals surface area contributed by atoms with Crippen LogP contribution in [0.3, 0.4) is 0 Å². The van der Waals surface area contributed by atoms with Crippen LogP contribution >= 0.6 is 0 Å². The Bertz CT molecular complexity index is 1130. The number of hydrogen-bond acceptors (Lipinski definition) is 10. The number of carbonyl (C=O) groups excluding carboxylic acids is 2. The van der Waals surface area contributed by atoms with Crippen LogP contribution in [0.2, 0.25) is 0 Å². The SMILES string of the molecule is CC1(C)O[C@H]2O[C@@H]3CN4C(=O)[C@H](CC(=O)OCc5ccccc5)N[C@@]45CS(=O)(=O)O[C@@]35[C@H]2O1. The van der Waals surface area contributed by atoms with Gasteiger partial charge in [-0.15, -0.1) is 0 Å². The topological polar surface area (TPSA) is 130 Å². The molecule has 5 aliphatic rings. The molecule has 1 N–H and O–H groups in total. The lowest BCUT2D eigenvalue weighted by Gasteiger charge is -2.39. The van der Waals surface area contributed by atoms with Gasteiger partial charge in [-0.2, -0.15) is 8.42 Å². The zero-order valence-corrected chi connectivity index (χ0v) is 18.9. The van der Waals surface area contributed by atoms with E-state index in [2.05, 4.69) is 5.32 Å². The molecule has 0 aliphatic carbocycles. The van der Waals surface area contributed by atoms with Crippen LogP contribution in [-0.4, -0.2) is 79.1 Å². The predicted octanol–water partition coefficient (Wildman–Crippen LogP) is -0.395. The van der Waals surface area contributed by atoms with Crippen LogP contribution in [0.5, 0.6) is 0 Å². The predicted molar refractivity (Wildman–Crippen MR) is 109 cm³/mol. The Morgan fingerprint density at radius 2 is 2.00 bits per heavy atom. The molecule has 5 heterocycles.